The lowest BCUT2D eigenvalue weighted by atomic mass is 9.72. The van der Waals surface area contributed by atoms with Crippen molar-refractivity contribution in [2.45, 2.75) is 212 Å². The summed E-state index contributed by atoms with van der Waals surface area (Å²) in [5.74, 6) is -3.49. The molecular formula is C41H78N2O12. The number of hydrogen-bond donors (Lipinski definition) is 5. The van der Waals surface area contributed by atoms with E-state index in [0.29, 0.717) is 6.42 Å². The average Bonchev–Trinajstić information content (AvgIpc) is 3.08. The van der Waals surface area contributed by atoms with Gasteiger partial charge in [-0.05, 0) is 102 Å². The molecule has 19 atom stereocenters. The number of rotatable bonds is 8. The highest BCUT2D eigenvalue weighted by Crippen LogP contribution is 2.42. The maximum Gasteiger partial charge on any atom is 0.311 e. The molecule has 0 bridgehead atoms. The molecular weight excluding hydrogens is 712 g/mol. The van der Waals surface area contributed by atoms with Gasteiger partial charge in [0.05, 0.1) is 53.2 Å². The Hall–Kier alpha value is -1.01. The first kappa shape index (κ1) is 48.4. The number of carbonyl (C=O) groups is 1. The lowest BCUT2D eigenvalue weighted by molar-refractivity contribution is -0.326. The minimum absolute atomic E-state index is 0.102. The van der Waals surface area contributed by atoms with Crippen molar-refractivity contribution in [3.8, 4) is 0 Å². The molecule has 0 radical (unpaired) electrons. The number of aliphatic hydroxyl groups is 4. The third kappa shape index (κ3) is 11.2. The number of cyclic esters (lactones) is 1. The molecule has 3 rings (SSSR count). The summed E-state index contributed by atoms with van der Waals surface area (Å²) < 4.78 is 44.9. The Kier molecular flexibility index (Phi) is 16.3. The average molecular weight is 791 g/mol. The Balaban J connectivity index is 2.18. The van der Waals surface area contributed by atoms with Gasteiger partial charge in [0, 0.05) is 37.5 Å². The van der Waals surface area contributed by atoms with Gasteiger partial charge >= 0.3 is 5.97 Å². The molecule has 324 valence electrons. The van der Waals surface area contributed by atoms with Crippen LogP contribution in [0.4, 0.5) is 0 Å². The van der Waals surface area contributed by atoms with Crippen LogP contribution < -0.4 is 5.73 Å². The third-order valence-electron chi connectivity index (χ3n) is 12.6. The SMILES string of the molecule is CC[C@H]1OC(=O)[C@H](C)[C@@H](OC2CC(C)(OC)C(OC(C)(C)C)C(C)O2)[C@H](C)[C@@H](OC2OC(C)CC(N(C)C)C2O)[C@](C)(O)C[C@@H](C)[C@H](N)[C@H](C)[C@@H](O)[C@]1(C)O. The number of methoxy groups -OCH3 is 1. The van der Waals surface area contributed by atoms with E-state index in [1.807, 2.05) is 74.4 Å². The molecule has 3 saturated heterocycles. The first-order valence-electron chi connectivity index (χ1n) is 20.4. The summed E-state index contributed by atoms with van der Waals surface area (Å²) in [7, 11) is 5.39. The van der Waals surface area contributed by atoms with Crippen LogP contribution in [0.5, 0.6) is 0 Å². The fraction of sp³-hybridized carbons (Fsp3) is 0.976. The molecule has 3 aliphatic rings. The fourth-order valence-electron chi connectivity index (χ4n) is 9.22. The number of ether oxygens (including phenoxy) is 7. The van der Waals surface area contributed by atoms with E-state index in [4.69, 9.17) is 38.9 Å². The Morgan fingerprint density at radius 3 is 2.05 bits per heavy atom. The molecule has 3 aliphatic heterocycles. The van der Waals surface area contributed by atoms with Crippen LogP contribution in [0.2, 0.25) is 0 Å². The minimum atomic E-state index is -1.85. The Morgan fingerprint density at radius 2 is 1.53 bits per heavy atom. The van der Waals surface area contributed by atoms with Gasteiger partial charge in [0.2, 0.25) is 0 Å². The Morgan fingerprint density at radius 1 is 0.927 bits per heavy atom. The molecule has 0 aromatic rings. The van der Waals surface area contributed by atoms with E-state index >= 15 is 0 Å². The zero-order valence-electron chi connectivity index (χ0n) is 36.6. The van der Waals surface area contributed by atoms with Gasteiger partial charge < -0.3 is 64.2 Å². The molecule has 0 aliphatic carbocycles. The number of likely N-dealkylation sites (N-methyl/N-ethyl adjacent to an activating group) is 1. The summed E-state index contributed by atoms with van der Waals surface area (Å²) >= 11 is 0. The second-order valence-electron chi connectivity index (χ2n) is 19.0. The molecule has 14 heteroatoms. The van der Waals surface area contributed by atoms with E-state index in [9.17, 15) is 25.2 Å². The van der Waals surface area contributed by atoms with Gasteiger partial charge in [0.15, 0.2) is 12.6 Å². The lowest BCUT2D eigenvalue weighted by Gasteiger charge is -2.50. The van der Waals surface area contributed by atoms with E-state index < -0.39 is 113 Å². The maximum absolute atomic E-state index is 14.3. The Bertz CT molecular complexity index is 1230. The smallest absolute Gasteiger partial charge is 0.311 e. The summed E-state index contributed by atoms with van der Waals surface area (Å²) in [6, 6.07) is -0.971. The summed E-state index contributed by atoms with van der Waals surface area (Å²) in [6.07, 6.45) is -7.66. The minimum Gasteiger partial charge on any atom is -0.459 e. The molecule has 8 unspecified atom stereocenters. The largest absolute Gasteiger partial charge is 0.459 e. The van der Waals surface area contributed by atoms with Crippen molar-refractivity contribution in [1.29, 1.82) is 0 Å². The predicted octanol–water partition coefficient (Wildman–Crippen LogP) is 3.37. The van der Waals surface area contributed by atoms with E-state index in [-0.39, 0.29) is 31.4 Å². The summed E-state index contributed by atoms with van der Waals surface area (Å²) in [5, 5.41) is 47.5. The van der Waals surface area contributed by atoms with Crippen molar-refractivity contribution in [2.75, 3.05) is 21.2 Å². The fourth-order valence-corrected chi connectivity index (χ4v) is 9.22. The van der Waals surface area contributed by atoms with E-state index in [1.165, 1.54) is 6.92 Å². The normalized spacial score (nSPS) is 48.7. The van der Waals surface area contributed by atoms with Crippen molar-refractivity contribution in [3.63, 3.8) is 0 Å². The number of hydrogen-bond acceptors (Lipinski definition) is 14. The van der Waals surface area contributed by atoms with Gasteiger partial charge in [-0.15, -0.1) is 0 Å². The summed E-state index contributed by atoms with van der Waals surface area (Å²) in [5.41, 5.74) is 1.97. The highest BCUT2D eigenvalue weighted by Gasteiger charge is 2.54. The topological polar surface area (TPSA) is 192 Å². The molecule has 0 aromatic heterocycles. The lowest BCUT2D eigenvalue weighted by Crippen LogP contribution is -2.62. The van der Waals surface area contributed by atoms with Crippen molar-refractivity contribution >= 4 is 5.97 Å². The van der Waals surface area contributed by atoms with Gasteiger partial charge in [-0.2, -0.15) is 0 Å². The van der Waals surface area contributed by atoms with Crippen LogP contribution in [-0.2, 0) is 38.0 Å². The predicted molar refractivity (Wildman–Crippen MR) is 208 cm³/mol. The molecule has 0 saturated carbocycles. The van der Waals surface area contributed by atoms with Crippen molar-refractivity contribution in [3.05, 3.63) is 0 Å². The quantitative estimate of drug-likeness (QED) is 0.225. The third-order valence-corrected chi connectivity index (χ3v) is 12.6. The van der Waals surface area contributed by atoms with Gasteiger partial charge in [-0.1, -0.05) is 27.7 Å². The number of esters is 1. The molecule has 0 amide bonds. The maximum atomic E-state index is 14.3. The van der Waals surface area contributed by atoms with Gasteiger partial charge in [0.25, 0.3) is 0 Å². The van der Waals surface area contributed by atoms with Crippen molar-refractivity contribution < 1.29 is 58.4 Å². The number of aliphatic hydroxyl groups excluding tert-OH is 2. The van der Waals surface area contributed by atoms with Crippen LogP contribution in [0.3, 0.4) is 0 Å². The van der Waals surface area contributed by atoms with E-state index in [1.54, 1.807) is 34.8 Å². The van der Waals surface area contributed by atoms with Crippen LogP contribution in [0.25, 0.3) is 0 Å². The molecule has 14 nitrogen and oxygen atoms in total. The second kappa shape index (κ2) is 18.5. The molecule has 6 N–H and O–H groups in total. The first-order valence-corrected chi connectivity index (χ1v) is 20.4. The first-order chi connectivity index (χ1) is 25.1. The van der Waals surface area contributed by atoms with E-state index in [2.05, 4.69) is 0 Å². The Labute approximate surface area is 331 Å². The number of nitrogens with zero attached hydrogens (tertiary/aromatic N) is 1. The van der Waals surface area contributed by atoms with E-state index in [0.717, 1.165) is 0 Å². The van der Waals surface area contributed by atoms with Crippen LogP contribution in [-0.4, -0.2) is 148 Å². The highest BCUT2D eigenvalue weighted by molar-refractivity contribution is 5.73. The molecule has 0 aromatic carbocycles. The molecule has 3 fully saturated rings. The van der Waals surface area contributed by atoms with Gasteiger partial charge in [-0.3, -0.25) is 4.79 Å². The zero-order chi connectivity index (χ0) is 42.2. The van der Waals surface area contributed by atoms with Crippen LogP contribution in [0.1, 0.15) is 116 Å². The van der Waals surface area contributed by atoms with Crippen molar-refractivity contribution in [2.24, 2.45) is 29.4 Å². The molecule has 55 heavy (non-hydrogen) atoms. The zero-order valence-corrected chi connectivity index (χ0v) is 36.6. The highest BCUT2D eigenvalue weighted by atomic mass is 16.7. The monoisotopic (exact) mass is 791 g/mol. The number of nitrogens with two attached hydrogens (primary N) is 1. The molecule has 3 heterocycles. The second-order valence-corrected chi connectivity index (χ2v) is 19.0. The summed E-state index contributed by atoms with van der Waals surface area (Å²) in [4.78, 5) is 16.2. The molecule has 0 spiro atoms. The standard InChI is InChI=1S/C41H78N2O12/c1-17-28-41(13,48)33(45)23(4)30(42)21(2)19-39(11,47)34(54-37-31(44)27(43(14)15)18-22(3)50-37)24(5)32(25(6)36(46)52-28)53-29-20-40(12,49-16)35(26(7)51-29)55-38(8,9)10/h21-35,37,44-45,47-48H,17-20,42H2,1-16H3/t21-,22?,23+,24+,25-,26?,27?,28-,29?,30+,31?,32+,33-,34-,35?,37?,39-,40?,41-/m1/s1. The van der Waals surface area contributed by atoms with Crippen molar-refractivity contribution in [1.82, 2.24) is 4.90 Å². The van der Waals surface area contributed by atoms with Crippen LogP contribution in [0, 0.1) is 23.7 Å². The van der Waals surface area contributed by atoms with Crippen LogP contribution >= 0.6 is 0 Å². The summed E-state index contributed by atoms with van der Waals surface area (Å²) in [6.45, 7) is 23.7. The van der Waals surface area contributed by atoms with Crippen LogP contribution in [0.15, 0.2) is 0 Å². The van der Waals surface area contributed by atoms with Gasteiger partial charge in [-0.25, -0.2) is 0 Å². The number of carbonyl (C=O) groups excluding carboxylic acids is 1. The van der Waals surface area contributed by atoms with Gasteiger partial charge in [0.1, 0.15) is 23.9 Å².